The molecule has 0 spiro atoms. The van der Waals surface area contributed by atoms with Crippen LogP contribution in [0.15, 0.2) is 29.2 Å². The van der Waals surface area contributed by atoms with E-state index in [1.807, 2.05) is 13.8 Å². The molecule has 0 fully saturated rings. The van der Waals surface area contributed by atoms with Gasteiger partial charge in [0.1, 0.15) is 17.2 Å². The van der Waals surface area contributed by atoms with Crippen molar-refractivity contribution in [3.05, 3.63) is 47.2 Å². The number of imidazole rings is 1. The maximum Gasteiger partial charge on any atom is 0.240 e. The van der Waals surface area contributed by atoms with Crippen LogP contribution < -0.4 is 10.5 Å². The van der Waals surface area contributed by atoms with Crippen LogP contribution in [-0.4, -0.2) is 35.0 Å². The van der Waals surface area contributed by atoms with E-state index in [4.69, 9.17) is 10.7 Å². The highest BCUT2D eigenvalue weighted by molar-refractivity contribution is 7.89. The number of nitrogen functional groups attached to an aromatic ring is 1. The Morgan fingerprint density at radius 1 is 1.09 bits per heavy atom. The number of hydrogen-bond donors (Lipinski definition) is 2. The molecular weight excluding hydrogens is 433 g/mol. The van der Waals surface area contributed by atoms with Crippen molar-refractivity contribution in [2.75, 3.05) is 12.3 Å². The van der Waals surface area contributed by atoms with Crippen LogP contribution in [0.2, 0.25) is 0 Å². The van der Waals surface area contributed by atoms with Crippen molar-refractivity contribution >= 4 is 26.9 Å². The molecule has 0 radical (unpaired) electrons. The molecule has 0 aliphatic heterocycles. The van der Waals surface area contributed by atoms with Gasteiger partial charge in [0, 0.05) is 25.2 Å². The van der Waals surface area contributed by atoms with Crippen molar-refractivity contribution < 1.29 is 18.3 Å². The number of halogens is 1. The van der Waals surface area contributed by atoms with Crippen LogP contribution >= 0.6 is 0 Å². The highest BCUT2D eigenvalue weighted by Crippen LogP contribution is 2.27. The topological polar surface area (TPSA) is 134 Å². The Bertz CT molecular complexity index is 1160. The van der Waals surface area contributed by atoms with E-state index in [0.29, 0.717) is 18.8 Å². The summed E-state index contributed by atoms with van der Waals surface area (Å²) in [6, 6.07) is 4.81. The van der Waals surface area contributed by atoms with Crippen molar-refractivity contribution in [1.29, 1.82) is 0 Å². The summed E-state index contributed by atoms with van der Waals surface area (Å²) in [6.07, 6.45) is 4.40. The average molecular weight is 466 g/mol. The SMILES string of the molecule is CCCCc1nc2c(N)nc(C)c(C)c2n1CCCCNS(=O)(=O)c1ccc(F)cc1.O. The summed E-state index contributed by atoms with van der Waals surface area (Å²) >= 11 is 0. The van der Waals surface area contributed by atoms with E-state index in [1.54, 1.807) is 0 Å². The normalized spacial score (nSPS) is 11.6. The third-order valence-electron chi connectivity index (χ3n) is 5.45. The van der Waals surface area contributed by atoms with Gasteiger partial charge in [-0.1, -0.05) is 13.3 Å². The molecule has 32 heavy (non-hydrogen) atoms. The highest BCUT2D eigenvalue weighted by atomic mass is 32.2. The van der Waals surface area contributed by atoms with Crippen LogP contribution in [0.5, 0.6) is 0 Å². The molecule has 8 nitrogen and oxygen atoms in total. The highest BCUT2D eigenvalue weighted by Gasteiger charge is 2.17. The van der Waals surface area contributed by atoms with Crippen molar-refractivity contribution in [1.82, 2.24) is 19.3 Å². The van der Waals surface area contributed by atoms with E-state index in [9.17, 15) is 12.8 Å². The lowest BCUT2D eigenvalue weighted by Crippen LogP contribution is -2.25. The van der Waals surface area contributed by atoms with Crippen LogP contribution in [0.1, 0.15) is 49.7 Å². The fraction of sp³-hybridized carbons (Fsp3) is 0.455. The minimum absolute atomic E-state index is 0. The Labute approximate surface area is 188 Å². The molecule has 10 heteroatoms. The standard InChI is InChI=1S/C22H30FN5O2S.H2O/c1-4-5-8-19-27-20-21(15(2)16(3)26-22(20)24)28(19)14-7-6-13-25-31(29,30)18-11-9-17(23)10-12-18;/h9-12,25H,4-8,13-14H2,1-3H3,(H2,24,26);1H2. The van der Waals surface area contributed by atoms with Gasteiger partial charge in [0.15, 0.2) is 5.82 Å². The molecule has 0 atom stereocenters. The van der Waals surface area contributed by atoms with Gasteiger partial charge in [0.2, 0.25) is 10.0 Å². The summed E-state index contributed by atoms with van der Waals surface area (Å²) in [5.41, 5.74) is 9.85. The first-order chi connectivity index (χ1) is 14.7. The number of nitrogens with one attached hydrogen (secondary N) is 1. The smallest absolute Gasteiger partial charge is 0.240 e. The number of hydrogen-bond acceptors (Lipinski definition) is 5. The second kappa shape index (κ2) is 10.8. The number of unbranched alkanes of at least 4 members (excludes halogenated alkanes) is 2. The number of rotatable bonds is 10. The molecule has 1 aromatic carbocycles. The fourth-order valence-electron chi connectivity index (χ4n) is 3.61. The Balaban J connectivity index is 0.00000363. The molecule has 0 aliphatic carbocycles. The monoisotopic (exact) mass is 465 g/mol. The number of sulfonamides is 1. The van der Waals surface area contributed by atoms with Crippen molar-refractivity contribution in [2.45, 2.75) is 64.3 Å². The fourth-order valence-corrected chi connectivity index (χ4v) is 4.69. The lowest BCUT2D eigenvalue weighted by atomic mass is 10.2. The second-order valence-corrected chi connectivity index (χ2v) is 9.51. The second-order valence-electron chi connectivity index (χ2n) is 7.75. The largest absolute Gasteiger partial charge is 0.412 e. The Kier molecular flexibility index (Phi) is 8.71. The van der Waals surface area contributed by atoms with E-state index >= 15 is 0 Å². The molecule has 3 rings (SSSR count). The van der Waals surface area contributed by atoms with Crippen molar-refractivity contribution in [3.63, 3.8) is 0 Å². The lowest BCUT2D eigenvalue weighted by molar-refractivity contribution is 0.560. The van der Waals surface area contributed by atoms with Crippen LogP contribution in [0.25, 0.3) is 11.0 Å². The number of nitrogens with zero attached hydrogens (tertiary/aromatic N) is 3. The number of pyridine rings is 1. The first-order valence-electron chi connectivity index (χ1n) is 10.6. The first kappa shape index (κ1) is 25.7. The summed E-state index contributed by atoms with van der Waals surface area (Å²) in [5.74, 6) is 0.972. The third-order valence-corrected chi connectivity index (χ3v) is 6.93. The van der Waals surface area contributed by atoms with Crippen LogP contribution in [0.4, 0.5) is 10.2 Å². The molecule has 2 aromatic heterocycles. The summed E-state index contributed by atoms with van der Waals surface area (Å²) in [5, 5.41) is 0. The van der Waals surface area contributed by atoms with Crippen LogP contribution in [0, 0.1) is 19.7 Å². The van der Waals surface area contributed by atoms with E-state index < -0.39 is 15.8 Å². The van der Waals surface area contributed by atoms with Gasteiger partial charge in [-0.25, -0.2) is 27.5 Å². The molecule has 0 amide bonds. The number of aromatic nitrogens is 3. The van der Waals surface area contributed by atoms with E-state index in [0.717, 1.165) is 72.5 Å². The minimum atomic E-state index is -3.64. The number of nitrogens with two attached hydrogens (primary N) is 1. The molecule has 176 valence electrons. The molecule has 0 saturated heterocycles. The Hall–Kier alpha value is -2.56. The first-order valence-corrected chi connectivity index (χ1v) is 12.1. The Morgan fingerprint density at radius 3 is 2.44 bits per heavy atom. The number of aryl methyl sites for hydroxylation is 4. The number of benzene rings is 1. The van der Waals surface area contributed by atoms with E-state index in [-0.39, 0.29) is 10.4 Å². The zero-order chi connectivity index (χ0) is 22.6. The maximum absolute atomic E-state index is 13.0. The maximum atomic E-state index is 13.0. The van der Waals surface area contributed by atoms with Gasteiger partial charge in [0.25, 0.3) is 0 Å². The summed E-state index contributed by atoms with van der Waals surface area (Å²) in [6.45, 7) is 7.14. The quantitative estimate of drug-likeness (QED) is 0.444. The van der Waals surface area contributed by atoms with Gasteiger partial charge in [-0.05, 0) is 62.9 Å². The zero-order valence-electron chi connectivity index (χ0n) is 18.8. The summed E-state index contributed by atoms with van der Waals surface area (Å²) in [4.78, 5) is 9.24. The minimum Gasteiger partial charge on any atom is -0.412 e. The number of fused-ring (bicyclic) bond motifs is 1. The predicted octanol–water partition coefficient (Wildman–Crippen LogP) is 3.05. The van der Waals surface area contributed by atoms with Gasteiger partial charge in [-0.3, -0.25) is 0 Å². The third kappa shape index (κ3) is 5.62. The van der Waals surface area contributed by atoms with Crippen LogP contribution in [-0.2, 0) is 23.0 Å². The van der Waals surface area contributed by atoms with Gasteiger partial charge in [-0.2, -0.15) is 0 Å². The molecule has 2 heterocycles. The van der Waals surface area contributed by atoms with Gasteiger partial charge < -0.3 is 15.8 Å². The van der Waals surface area contributed by atoms with E-state index in [1.165, 1.54) is 12.1 Å². The Morgan fingerprint density at radius 2 is 1.78 bits per heavy atom. The van der Waals surface area contributed by atoms with Gasteiger partial charge in [-0.15, -0.1) is 0 Å². The molecule has 0 unspecified atom stereocenters. The lowest BCUT2D eigenvalue weighted by Gasteiger charge is -2.12. The number of anilines is 1. The molecule has 0 saturated carbocycles. The molecule has 0 aliphatic rings. The summed E-state index contributed by atoms with van der Waals surface area (Å²) in [7, 11) is -3.64. The average Bonchev–Trinajstić information content (AvgIpc) is 3.09. The summed E-state index contributed by atoms with van der Waals surface area (Å²) < 4.78 is 42.5. The zero-order valence-corrected chi connectivity index (χ0v) is 19.6. The molecule has 0 bridgehead atoms. The van der Waals surface area contributed by atoms with Gasteiger partial charge in [0.05, 0.1) is 10.4 Å². The molecular formula is C22H32FN5O3S. The van der Waals surface area contributed by atoms with Crippen molar-refractivity contribution in [3.8, 4) is 0 Å². The predicted molar refractivity (Wildman–Crippen MR) is 124 cm³/mol. The molecule has 5 N–H and O–H groups in total. The van der Waals surface area contributed by atoms with Crippen LogP contribution in [0.3, 0.4) is 0 Å². The van der Waals surface area contributed by atoms with Crippen molar-refractivity contribution in [2.24, 2.45) is 0 Å². The van der Waals surface area contributed by atoms with Gasteiger partial charge >= 0.3 is 0 Å². The van der Waals surface area contributed by atoms with E-state index in [2.05, 4.69) is 21.2 Å². The molecule has 3 aromatic rings.